The molecule has 2 aliphatic rings. The Morgan fingerprint density at radius 3 is 2.53 bits per heavy atom. The van der Waals surface area contributed by atoms with E-state index in [2.05, 4.69) is 19.1 Å². The number of benzene rings is 2. The summed E-state index contributed by atoms with van der Waals surface area (Å²) in [6, 6.07) is 16.2. The van der Waals surface area contributed by atoms with Crippen LogP contribution in [-0.4, -0.2) is 45.9 Å². The number of rotatable bonds is 5. The number of aromatic nitrogens is 2. The number of carbonyl (C=O) groups excluding carboxylic acids is 2. The summed E-state index contributed by atoms with van der Waals surface area (Å²) in [6.45, 7) is 4.67. The van der Waals surface area contributed by atoms with E-state index in [4.69, 9.17) is 4.98 Å². The molecule has 2 amide bonds. The summed E-state index contributed by atoms with van der Waals surface area (Å²) in [4.78, 5) is 34.7. The van der Waals surface area contributed by atoms with Gasteiger partial charge in [0.2, 0.25) is 11.8 Å². The minimum atomic E-state index is -0.0325. The normalized spacial score (nSPS) is 19.2. The van der Waals surface area contributed by atoms with Crippen LogP contribution in [0.1, 0.15) is 49.9 Å². The fourth-order valence-corrected chi connectivity index (χ4v) is 4.99. The number of piperidine rings is 1. The summed E-state index contributed by atoms with van der Waals surface area (Å²) in [7, 11) is 0. The minimum Gasteiger partial charge on any atom is -0.341 e. The molecule has 6 heteroatoms. The van der Waals surface area contributed by atoms with E-state index in [0.29, 0.717) is 13.0 Å². The predicted molar refractivity (Wildman–Crippen MR) is 126 cm³/mol. The lowest BCUT2D eigenvalue weighted by molar-refractivity contribution is -0.132. The highest BCUT2D eigenvalue weighted by atomic mass is 16.2. The third kappa shape index (κ3) is 3.90. The van der Waals surface area contributed by atoms with Crippen molar-refractivity contribution in [3.8, 4) is 0 Å². The molecule has 0 bridgehead atoms. The Balaban J connectivity index is 1.43. The number of anilines is 1. The average molecular weight is 431 g/mol. The van der Waals surface area contributed by atoms with Gasteiger partial charge in [-0.2, -0.15) is 0 Å². The molecule has 0 spiro atoms. The molecule has 1 aromatic heterocycles. The van der Waals surface area contributed by atoms with Crippen molar-refractivity contribution < 1.29 is 9.59 Å². The largest absolute Gasteiger partial charge is 0.341 e. The lowest BCUT2D eigenvalue weighted by Gasteiger charge is -2.27. The van der Waals surface area contributed by atoms with Crippen molar-refractivity contribution in [2.24, 2.45) is 0 Å². The number of fused-ring (bicyclic) bond motifs is 1. The van der Waals surface area contributed by atoms with Crippen molar-refractivity contribution in [1.82, 2.24) is 14.5 Å². The Morgan fingerprint density at radius 2 is 1.78 bits per heavy atom. The topological polar surface area (TPSA) is 58.4 Å². The SMILES string of the molecule is CCc1ccc(N2C[C@@H](c3nc4ccccc4n3CC(=O)N3CCCCC3)CC2=O)cc1. The zero-order valence-electron chi connectivity index (χ0n) is 18.7. The van der Waals surface area contributed by atoms with Gasteiger partial charge in [0.05, 0.1) is 11.0 Å². The Kier molecular flexibility index (Phi) is 5.68. The van der Waals surface area contributed by atoms with E-state index >= 15 is 0 Å². The van der Waals surface area contributed by atoms with Gasteiger partial charge in [-0.05, 0) is 55.5 Å². The maximum atomic E-state index is 13.1. The highest BCUT2D eigenvalue weighted by Crippen LogP contribution is 2.33. The quantitative estimate of drug-likeness (QED) is 0.612. The summed E-state index contributed by atoms with van der Waals surface area (Å²) in [5, 5.41) is 0. The molecule has 32 heavy (non-hydrogen) atoms. The lowest BCUT2D eigenvalue weighted by Crippen LogP contribution is -2.38. The van der Waals surface area contributed by atoms with Crippen LogP contribution in [-0.2, 0) is 22.6 Å². The summed E-state index contributed by atoms with van der Waals surface area (Å²) in [5.41, 5.74) is 4.04. The summed E-state index contributed by atoms with van der Waals surface area (Å²) in [5.74, 6) is 1.07. The highest BCUT2D eigenvalue weighted by Gasteiger charge is 2.35. The number of aryl methyl sites for hydroxylation is 1. The Labute approximate surface area is 188 Å². The second-order valence-electron chi connectivity index (χ2n) is 8.91. The van der Waals surface area contributed by atoms with Crippen LogP contribution in [0.15, 0.2) is 48.5 Å². The second kappa shape index (κ2) is 8.77. The summed E-state index contributed by atoms with van der Waals surface area (Å²) >= 11 is 0. The van der Waals surface area contributed by atoms with Gasteiger partial charge in [0.25, 0.3) is 0 Å². The number of likely N-dealkylation sites (tertiary alicyclic amines) is 1. The van der Waals surface area contributed by atoms with Gasteiger partial charge in [0, 0.05) is 37.7 Å². The van der Waals surface area contributed by atoms with Gasteiger partial charge in [-0.3, -0.25) is 9.59 Å². The number of nitrogens with zero attached hydrogens (tertiary/aromatic N) is 4. The van der Waals surface area contributed by atoms with Crippen molar-refractivity contribution in [2.45, 2.75) is 51.5 Å². The van der Waals surface area contributed by atoms with Gasteiger partial charge < -0.3 is 14.4 Å². The fourth-order valence-electron chi connectivity index (χ4n) is 4.99. The van der Waals surface area contributed by atoms with E-state index in [0.717, 1.165) is 54.9 Å². The van der Waals surface area contributed by atoms with E-state index in [1.165, 1.54) is 12.0 Å². The first-order chi connectivity index (χ1) is 15.6. The second-order valence-corrected chi connectivity index (χ2v) is 8.91. The molecule has 0 radical (unpaired) electrons. The van der Waals surface area contributed by atoms with Crippen molar-refractivity contribution in [2.75, 3.05) is 24.5 Å². The number of hydrogen-bond acceptors (Lipinski definition) is 3. The van der Waals surface area contributed by atoms with Gasteiger partial charge in [-0.25, -0.2) is 4.98 Å². The third-order valence-corrected chi connectivity index (χ3v) is 6.83. The standard InChI is InChI=1S/C26H30N4O2/c1-2-19-10-12-21(13-11-19)29-17-20(16-24(29)31)26-27-22-8-4-5-9-23(22)30(26)18-25(32)28-14-6-3-7-15-28/h4-5,8-13,20H,2-3,6-7,14-18H2,1H3/t20-/m0/s1. The van der Waals surface area contributed by atoms with Crippen LogP contribution in [0, 0.1) is 0 Å². The molecule has 0 unspecified atom stereocenters. The summed E-state index contributed by atoms with van der Waals surface area (Å²) in [6.07, 6.45) is 4.74. The Morgan fingerprint density at radius 1 is 1.03 bits per heavy atom. The van der Waals surface area contributed by atoms with Crippen LogP contribution in [0.5, 0.6) is 0 Å². The van der Waals surface area contributed by atoms with Crippen molar-refractivity contribution in [1.29, 1.82) is 0 Å². The number of amides is 2. The van der Waals surface area contributed by atoms with E-state index in [-0.39, 0.29) is 24.3 Å². The molecular weight excluding hydrogens is 400 g/mol. The van der Waals surface area contributed by atoms with Gasteiger partial charge in [0.15, 0.2) is 0 Å². The number of hydrogen-bond donors (Lipinski definition) is 0. The maximum Gasteiger partial charge on any atom is 0.242 e. The van der Waals surface area contributed by atoms with Crippen LogP contribution in [0.2, 0.25) is 0 Å². The molecule has 2 aromatic carbocycles. The van der Waals surface area contributed by atoms with Gasteiger partial charge in [0.1, 0.15) is 12.4 Å². The van der Waals surface area contributed by atoms with Gasteiger partial charge >= 0.3 is 0 Å². The van der Waals surface area contributed by atoms with E-state index < -0.39 is 0 Å². The third-order valence-electron chi connectivity index (χ3n) is 6.83. The molecule has 166 valence electrons. The van der Waals surface area contributed by atoms with Crippen LogP contribution >= 0.6 is 0 Å². The van der Waals surface area contributed by atoms with Crippen LogP contribution in [0.3, 0.4) is 0 Å². The van der Waals surface area contributed by atoms with Crippen LogP contribution in [0.4, 0.5) is 5.69 Å². The van der Waals surface area contributed by atoms with Crippen molar-refractivity contribution in [3.63, 3.8) is 0 Å². The molecule has 6 nitrogen and oxygen atoms in total. The van der Waals surface area contributed by atoms with Crippen LogP contribution < -0.4 is 4.90 Å². The smallest absolute Gasteiger partial charge is 0.242 e. The maximum absolute atomic E-state index is 13.1. The molecular formula is C26H30N4O2. The highest BCUT2D eigenvalue weighted by molar-refractivity contribution is 5.96. The van der Waals surface area contributed by atoms with Crippen LogP contribution in [0.25, 0.3) is 11.0 Å². The fraction of sp³-hybridized carbons (Fsp3) is 0.423. The Bertz CT molecular complexity index is 1130. The van der Waals surface area contributed by atoms with Gasteiger partial charge in [-0.1, -0.05) is 31.2 Å². The van der Waals surface area contributed by atoms with Crippen molar-refractivity contribution in [3.05, 3.63) is 59.9 Å². The first-order valence-electron chi connectivity index (χ1n) is 11.8. The zero-order chi connectivity index (χ0) is 22.1. The first kappa shape index (κ1) is 20.7. The first-order valence-corrected chi connectivity index (χ1v) is 11.8. The predicted octanol–water partition coefficient (Wildman–Crippen LogP) is 4.13. The molecule has 5 rings (SSSR count). The number of carbonyl (C=O) groups is 2. The van der Waals surface area contributed by atoms with Gasteiger partial charge in [-0.15, -0.1) is 0 Å². The summed E-state index contributed by atoms with van der Waals surface area (Å²) < 4.78 is 2.05. The average Bonchev–Trinajstić information content (AvgIpc) is 3.40. The molecule has 2 aliphatic heterocycles. The van der Waals surface area contributed by atoms with E-state index in [9.17, 15) is 9.59 Å². The van der Waals surface area contributed by atoms with E-state index in [1.807, 2.05) is 50.8 Å². The monoisotopic (exact) mass is 430 g/mol. The molecule has 0 N–H and O–H groups in total. The molecule has 0 saturated carbocycles. The molecule has 3 heterocycles. The minimum absolute atomic E-state index is 0.0325. The molecule has 2 fully saturated rings. The molecule has 3 aromatic rings. The molecule has 1 atom stereocenters. The molecule has 2 saturated heterocycles. The lowest BCUT2D eigenvalue weighted by atomic mass is 10.1. The zero-order valence-corrected chi connectivity index (χ0v) is 18.7. The van der Waals surface area contributed by atoms with Crippen molar-refractivity contribution >= 4 is 28.5 Å². The number of para-hydroxylation sites is 2. The molecule has 0 aliphatic carbocycles. The van der Waals surface area contributed by atoms with E-state index in [1.54, 1.807) is 0 Å². The Hall–Kier alpha value is -3.15. The number of imidazole rings is 1.